The molecule has 2 amide bonds. The van der Waals surface area contributed by atoms with Gasteiger partial charge in [-0.2, -0.15) is 0 Å². The van der Waals surface area contributed by atoms with Gasteiger partial charge in [-0.3, -0.25) is 9.59 Å². The van der Waals surface area contributed by atoms with Crippen molar-refractivity contribution < 1.29 is 9.59 Å². The van der Waals surface area contributed by atoms with Crippen LogP contribution < -0.4 is 5.32 Å². The maximum atomic E-state index is 12.3. The van der Waals surface area contributed by atoms with Crippen molar-refractivity contribution in [1.29, 1.82) is 0 Å². The van der Waals surface area contributed by atoms with Gasteiger partial charge in [-0.1, -0.05) is 32.1 Å². The van der Waals surface area contributed by atoms with E-state index in [1.54, 1.807) is 17.0 Å². The minimum Gasteiger partial charge on any atom is -0.339 e. The highest BCUT2D eigenvalue weighted by molar-refractivity contribution is 5.95. The first-order valence-corrected chi connectivity index (χ1v) is 9.83. The van der Waals surface area contributed by atoms with E-state index in [0.717, 1.165) is 18.0 Å². The SMILES string of the molecule is CCN(CC)C(=O)c1ccc(NC(=O)CCCC2CCCCC2)cc1. The number of hydrogen-bond donors (Lipinski definition) is 1. The van der Waals surface area contributed by atoms with E-state index in [0.29, 0.717) is 25.1 Å². The summed E-state index contributed by atoms with van der Waals surface area (Å²) in [5.74, 6) is 0.931. The van der Waals surface area contributed by atoms with Crippen LogP contribution in [0.1, 0.15) is 75.6 Å². The van der Waals surface area contributed by atoms with E-state index in [1.807, 2.05) is 26.0 Å². The summed E-state index contributed by atoms with van der Waals surface area (Å²) in [6, 6.07) is 7.21. The molecular weight excluding hydrogens is 312 g/mol. The molecule has 138 valence electrons. The first-order chi connectivity index (χ1) is 12.1. The number of nitrogens with one attached hydrogen (secondary N) is 1. The molecule has 0 saturated heterocycles. The molecule has 1 saturated carbocycles. The molecule has 0 bridgehead atoms. The zero-order chi connectivity index (χ0) is 18.1. The Balaban J connectivity index is 1.76. The number of anilines is 1. The first-order valence-electron chi connectivity index (χ1n) is 9.83. The second-order valence-electron chi connectivity index (χ2n) is 7.00. The average molecular weight is 344 g/mol. The number of amides is 2. The highest BCUT2D eigenvalue weighted by Crippen LogP contribution is 2.27. The predicted molar refractivity (Wildman–Crippen MR) is 103 cm³/mol. The number of benzene rings is 1. The molecular formula is C21H32N2O2. The van der Waals surface area contributed by atoms with E-state index >= 15 is 0 Å². The molecule has 1 aliphatic carbocycles. The van der Waals surface area contributed by atoms with Crippen LogP contribution in [-0.2, 0) is 4.79 Å². The van der Waals surface area contributed by atoms with Gasteiger partial charge in [0.1, 0.15) is 0 Å². The fourth-order valence-electron chi connectivity index (χ4n) is 3.64. The van der Waals surface area contributed by atoms with Crippen LogP contribution in [0.4, 0.5) is 5.69 Å². The molecule has 25 heavy (non-hydrogen) atoms. The lowest BCUT2D eigenvalue weighted by Gasteiger charge is -2.21. The van der Waals surface area contributed by atoms with E-state index in [1.165, 1.54) is 38.5 Å². The highest BCUT2D eigenvalue weighted by Gasteiger charge is 2.14. The summed E-state index contributed by atoms with van der Waals surface area (Å²) in [5, 5.41) is 2.94. The molecule has 2 rings (SSSR count). The second kappa shape index (κ2) is 10.2. The number of rotatable bonds is 8. The molecule has 1 aromatic carbocycles. The zero-order valence-corrected chi connectivity index (χ0v) is 15.7. The third-order valence-electron chi connectivity index (χ3n) is 5.21. The molecule has 1 N–H and O–H groups in total. The Bertz CT molecular complexity index is 544. The smallest absolute Gasteiger partial charge is 0.253 e. The van der Waals surface area contributed by atoms with Crippen molar-refractivity contribution in [3.63, 3.8) is 0 Å². The fourth-order valence-corrected chi connectivity index (χ4v) is 3.64. The van der Waals surface area contributed by atoms with Gasteiger partial charge in [0.2, 0.25) is 5.91 Å². The van der Waals surface area contributed by atoms with Crippen LogP contribution in [0.5, 0.6) is 0 Å². The van der Waals surface area contributed by atoms with Crippen LogP contribution in [0.25, 0.3) is 0 Å². The summed E-state index contributed by atoms with van der Waals surface area (Å²) in [4.78, 5) is 26.1. The van der Waals surface area contributed by atoms with Gasteiger partial charge in [0.25, 0.3) is 5.91 Å². The lowest BCUT2D eigenvalue weighted by molar-refractivity contribution is -0.116. The van der Waals surface area contributed by atoms with Crippen LogP contribution in [0.3, 0.4) is 0 Å². The van der Waals surface area contributed by atoms with E-state index in [4.69, 9.17) is 0 Å². The monoisotopic (exact) mass is 344 g/mol. The van der Waals surface area contributed by atoms with Crippen LogP contribution in [0.2, 0.25) is 0 Å². The van der Waals surface area contributed by atoms with Gasteiger partial charge in [-0.05, 0) is 56.9 Å². The standard InChI is InChI=1S/C21H32N2O2/c1-3-23(4-2)21(25)18-13-15-19(16-14-18)22-20(24)12-8-11-17-9-6-5-7-10-17/h13-17H,3-12H2,1-2H3,(H,22,24). The van der Waals surface area contributed by atoms with Gasteiger partial charge in [0.15, 0.2) is 0 Å². The molecule has 0 unspecified atom stereocenters. The molecule has 0 heterocycles. The summed E-state index contributed by atoms with van der Waals surface area (Å²) in [6.07, 6.45) is 9.48. The van der Waals surface area contributed by atoms with Gasteiger partial charge in [-0.15, -0.1) is 0 Å². The predicted octanol–water partition coefficient (Wildman–Crippen LogP) is 4.86. The summed E-state index contributed by atoms with van der Waals surface area (Å²) in [7, 11) is 0. The van der Waals surface area contributed by atoms with Crippen LogP contribution >= 0.6 is 0 Å². The summed E-state index contributed by atoms with van der Waals surface area (Å²) in [5.41, 5.74) is 1.43. The Kier molecular flexibility index (Phi) is 7.96. The Labute approximate surface area is 152 Å². The number of nitrogens with zero attached hydrogens (tertiary/aromatic N) is 1. The second-order valence-corrected chi connectivity index (χ2v) is 7.00. The Morgan fingerprint density at radius 2 is 1.68 bits per heavy atom. The molecule has 0 aliphatic heterocycles. The first kappa shape index (κ1) is 19.5. The van der Waals surface area contributed by atoms with Crippen LogP contribution in [0, 0.1) is 5.92 Å². The Hall–Kier alpha value is -1.84. The van der Waals surface area contributed by atoms with Crippen molar-refractivity contribution >= 4 is 17.5 Å². The molecule has 1 aliphatic rings. The van der Waals surface area contributed by atoms with E-state index in [-0.39, 0.29) is 11.8 Å². The molecule has 0 radical (unpaired) electrons. The Morgan fingerprint density at radius 1 is 1.04 bits per heavy atom. The topological polar surface area (TPSA) is 49.4 Å². The number of carbonyl (C=O) groups excluding carboxylic acids is 2. The van der Waals surface area contributed by atoms with Gasteiger partial charge < -0.3 is 10.2 Å². The number of carbonyl (C=O) groups is 2. The van der Waals surface area contributed by atoms with Crippen molar-refractivity contribution in [1.82, 2.24) is 4.90 Å². The average Bonchev–Trinajstić information content (AvgIpc) is 2.64. The minimum atomic E-state index is 0.0374. The van der Waals surface area contributed by atoms with Gasteiger partial charge >= 0.3 is 0 Å². The minimum absolute atomic E-state index is 0.0374. The maximum absolute atomic E-state index is 12.3. The third kappa shape index (κ3) is 6.18. The molecule has 1 aromatic rings. The van der Waals surface area contributed by atoms with Crippen molar-refractivity contribution in [2.75, 3.05) is 18.4 Å². The van der Waals surface area contributed by atoms with E-state index in [2.05, 4.69) is 5.32 Å². The maximum Gasteiger partial charge on any atom is 0.253 e. The lowest BCUT2D eigenvalue weighted by atomic mass is 9.86. The van der Waals surface area contributed by atoms with Gasteiger partial charge in [0, 0.05) is 30.8 Å². The molecule has 0 aromatic heterocycles. The summed E-state index contributed by atoms with van der Waals surface area (Å²) < 4.78 is 0. The fraction of sp³-hybridized carbons (Fsp3) is 0.619. The van der Waals surface area contributed by atoms with Gasteiger partial charge in [0.05, 0.1) is 0 Å². The van der Waals surface area contributed by atoms with Crippen molar-refractivity contribution in [3.8, 4) is 0 Å². The quantitative estimate of drug-likeness (QED) is 0.732. The lowest BCUT2D eigenvalue weighted by Crippen LogP contribution is -2.30. The molecule has 0 atom stereocenters. The van der Waals surface area contributed by atoms with Crippen molar-refractivity contribution in [2.24, 2.45) is 5.92 Å². The molecule has 4 nitrogen and oxygen atoms in total. The van der Waals surface area contributed by atoms with E-state index < -0.39 is 0 Å². The molecule has 1 fully saturated rings. The number of hydrogen-bond acceptors (Lipinski definition) is 2. The summed E-state index contributed by atoms with van der Waals surface area (Å²) in [6.45, 7) is 5.36. The molecule has 4 heteroatoms. The van der Waals surface area contributed by atoms with Crippen LogP contribution in [0.15, 0.2) is 24.3 Å². The largest absolute Gasteiger partial charge is 0.339 e. The highest BCUT2D eigenvalue weighted by atomic mass is 16.2. The van der Waals surface area contributed by atoms with E-state index in [9.17, 15) is 9.59 Å². The Morgan fingerprint density at radius 3 is 2.28 bits per heavy atom. The zero-order valence-electron chi connectivity index (χ0n) is 15.7. The van der Waals surface area contributed by atoms with Crippen molar-refractivity contribution in [2.45, 2.75) is 65.2 Å². The molecule has 0 spiro atoms. The normalized spacial score (nSPS) is 15.0. The van der Waals surface area contributed by atoms with Crippen LogP contribution in [-0.4, -0.2) is 29.8 Å². The summed E-state index contributed by atoms with van der Waals surface area (Å²) >= 11 is 0. The third-order valence-corrected chi connectivity index (χ3v) is 5.21. The van der Waals surface area contributed by atoms with Gasteiger partial charge in [-0.25, -0.2) is 0 Å². The van der Waals surface area contributed by atoms with Crippen molar-refractivity contribution in [3.05, 3.63) is 29.8 Å².